The zero-order chi connectivity index (χ0) is 25.9. The van der Waals surface area contributed by atoms with Crippen molar-refractivity contribution in [1.82, 2.24) is 4.98 Å². The molecule has 0 aliphatic carbocycles. The third-order valence-electron chi connectivity index (χ3n) is 5.72. The molecule has 0 saturated heterocycles. The zero-order valence-corrected chi connectivity index (χ0v) is 20.2. The Bertz CT molecular complexity index is 1290. The second kappa shape index (κ2) is 10.3. The number of rotatable bonds is 9. The molecule has 0 atom stereocenters. The van der Waals surface area contributed by atoms with Crippen LogP contribution in [0.4, 0.5) is 10.1 Å². The quantitative estimate of drug-likeness (QED) is 0.473. The van der Waals surface area contributed by atoms with Crippen LogP contribution in [0.3, 0.4) is 0 Å². The van der Waals surface area contributed by atoms with Gasteiger partial charge in [-0.1, -0.05) is 18.2 Å². The Balaban J connectivity index is 1.41. The van der Waals surface area contributed by atoms with Crippen molar-refractivity contribution >= 4 is 17.5 Å². The molecule has 3 aromatic rings. The SMILES string of the molecule is CC(C)(O)COc1ccc2c(c1)N(C(=O)Cc1ccc(COc3ncccc3C(N)=O)c(F)c1)CC2. The van der Waals surface area contributed by atoms with Crippen molar-refractivity contribution in [1.29, 1.82) is 0 Å². The molecule has 0 bridgehead atoms. The van der Waals surface area contributed by atoms with Crippen LogP contribution in [0.15, 0.2) is 54.7 Å². The maximum absolute atomic E-state index is 14.8. The maximum atomic E-state index is 14.8. The molecule has 1 aliphatic rings. The number of carbonyl (C=O) groups excluding carboxylic acids is 2. The van der Waals surface area contributed by atoms with E-state index < -0.39 is 17.3 Å². The van der Waals surface area contributed by atoms with Crippen LogP contribution < -0.4 is 20.1 Å². The first-order chi connectivity index (χ1) is 17.1. The lowest BCUT2D eigenvalue weighted by Crippen LogP contribution is -2.30. The van der Waals surface area contributed by atoms with E-state index in [4.69, 9.17) is 15.2 Å². The predicted octanol–water partition coefficient (Wildman–Crippen LogP) is 3.18. The van der Waals surface area contributed by atoms with E-state index in [2.05, 4.69) is 4.98 Å². The first-order valence-electron chi connectivity index (χ1n) is 11.5. The maximum Gasteiger partial charge on any atom is 0.254 e. The van der Waals surface area contributed by atoms with Crippen molar-refractivity contribution in [3.63, 3.8) is 0 Å². The third kappa shape index (κ3) is 5.98. The van der Waals surface area contributed by atoms with E-state index >= 15 is 0 Å². The lowest BCUT2D eigenvalue weighted by molar-refractivity contribution is -0.117. The first kappa shape index (κ1) is 25.1. The summed E-state index contributed by atoms with van der Waals surface area (Å²) in [4.78, 5) is 30.2. The molecule has 4 rings (SSSR count). The average Bonchev–Trinajstić information content (AvgIpc) is 3.25. The summed E-state index contributed by atoms with van der Waals surface area (Å²) in [5.41, 5.74) is 7.03. The molecule has 0 spiro atoms. The molecule has 2 amide bonds. The van der Waals surface area contributed by atoms with Crippen LogP contribution in [0.2, 0.25) is 0 Å². The van der Waals surface area contributed by atoms with Crippen LogP contribution in [0, 0.1) is 5.82 Å². The van der Waals surface area contributed by atoms with Gasteiger partial charge in [-0.2, -0.15) is 0 Å². The summed E-state index contributed by atoms with van der Waals surface area (Å²) in [5.74, 6) is -0.773. The van der Waals surface area contributed by atoms with Gasteiger partial charge in [-0.05, 0) is 55.7 Å². The van der Waals surface area contributed by atoms with Gasteiger partial charge in [-0.15, -0.1) is 0 Å². The fourth-order valence-corrected chi connectivity index (χ4v) is 3.90. The number of primary amides is 1. The van der Waals surface area contributed by atoms with Crippen molar-refractivity contribution in [3.05, 3.63) is 82.8 Å². The van der Waals surface area contributed by atoms with Gasteiger partial charge in [0, 0.05) is 24.4 Å². The van der Waals surface area contributed by atoms with E-state index in [9.17, 15) is 19.1 Å². The molecular weight excluding hydrogens is 465 g/mol. The number of ether oxygens (including phenoxy) is 2. The zero-order valence-electron chi connectivity index (χ0n) is 20.2. The van der Waals surface area contributed by atoms with Gasteiger partial charge in [0.2, 0.25) is 11.8 Å². The van der Waals surface area contributed by atoms with E-state index in [-0.39, 0.29) is 42.5 Å². The number of nitrogens with zero attached hydrogens (tertiary/aromatic N) is 2. The number of hydrogen-bond donors (Lipinski definition) is 2. The summed E-state index contributed by atoms with van der Waals surface area (Å²) in [6.07, 6.45) is 2.20. The van der Waals surface area contributed by atoms with Crippen molar-refractivity contribution in [3.8, 4) is 11.6 Å². The number of aliphatic hydroxyl groups is 1. The Kier molecular flexibility index (Phi) is 7.21. The van der Waals surface area contributed by atoms with Gasteiger partial charge in [-0.25, -0.2) is 9.37 Å². The van der Waals surface area contributed by atoms with Gasteiger partial charge in [0.1, 0.15) is 30.3 Å². The number of aromatic nitrogens is 1. The Morgan fingerprint density at radius 2 is 1.97 bits per heavy atom. The number of benzene rings is 2. The van der Waals surface area contributed by atoms with Crippen molar-refractivity contribution in [2.75, 3.05) is 18.1 Å². The van der Waals surface area contributed by atoms with Crippen molar-refractivity contribution in [2.45, 2.75) is 38.9 Å². The Labute approximate surface area is 208 Å². The summed E-state index contributed by atoms with van der Waals surface area (Å²) >= 11 is 0. The monoisotopic (exact) mass is 493 g/mol. The molecule has 9 heteroatoms. The number of halogens is 1. The van der Waals surface area contributed by atoms with Crippen LogP contribution in [0.1, 0.15) is 40.9 Å². The molecule has 188 valence electrons. The number of pyridine rings is 1. The van der Waals surface area contributed by atoms with E-state index in [0.29, 0.717) is 17.9 Å². The number of anilines is 1. The van der Waals surface area contributed by atoms with Gasteiger partial charge >= 0.3 is 0 Å². The van der Waals surface area contributed by atoms with Crippen LogP contribution >= 0.6 is 0 Å². The minimum atomic E-state index is -0.975. The highest BCUT2D eigenvalue weighted by atomic mass is 19.1. The molecule has 2 heterocycles. The normalized spacial score (nSPS) is 12.8. The molecule has 0 saturated carbocycles. The Hall–Kier alpha value is -3.98. The number of carbonyl (C=O) groups is 2. The van der Waals surface area contributed by atoms with Crippen LogP contribution in [0.5, 0.6) is 11.6 Å². The standard InChI is InChI=1S/C27H28FN3O5/c1-27(2,34)16-36-20-8-7-18-9-11-31(23(18)14-20)24(32)13-17-5-6-19(22(28)12-17)15-35-26-21(25(29)33)4-3-10-30-26/h3-8,10,12,14,34H,9,11,13,15-16H2,1-2H3,(H2,29,33). The average molecular weight is 494 g/mol. The van der Waals surface area contributed by atoms with E-state index in [1.54, 1.807) is 43.0 Å². The van der Waals surface area contributed by atoms with E-state index in [0.717, 1.165) is 17.7 Å². The fraction of sp³-hybridized carbons (Fsp3) is 0.296. The molecule has 8 nitrogen and oxygen atoms in total. The Morgan fingerprint density at radius 1 is 1.17 bits per heavy atom. The topological polar surface area (TPSA) is 115 Å². The molecule has 0 radical (unpaired) electrons. The molecule has 1 aliphatic heterocycles. The summed E-state index contributed by atoms with van der Waals surface area (Å²) in [6.45, 7) is 3.82. The van der Waals surface area contributed by atoms with Gasteiger partial charge < -0.3 is 25.2 Å². The fourth-order valence-electron chi connectivity index (χ4n) is 3.90. The number of hydrogen-bond acceptors (Lipinski definition) is 6. The summed E-state index contributed by atoms with van der Waals surface area (Å²) < 4.78 is 25.9. The van der Waals surface area contributed by atoms with Crippen LogP contribution in [-0.2, 0) is 24.2 Å². The van der Waals surface area contributed by atoms with Gasteiger partial charge in [0.05, 0.1) is 17.7 Å². The minimum absolute atomic E-state index is 0.0261. The largest absolute Gasteiger partial charge is 0.491 e. The minimum Gasteiger partial charge on any atom is -0.491 e. The number of amides is 2. The number of fused-ring (bicyclic) bond motifs is 1. The lowest BCUT2D eigenvalue weighted by atomic mass is 10.1. The second-order valence-corrected chi connectivity index (χ2v) is 9.30. The highest BCUT2D eigenvalue weighted by Gasteiger charge is 2.26. The molecular formula is C27H28FN3O5. The summed E-state index contributed by atoms with van der Waals surface area (Å²) in [7, 11) is 0. The number of nitrogens with two attached hydrogens (primary N) is 1. The molecule has 2 aromatic carbocycles. The lowest BCUT2D eigenvalue weighted by Gasteiger charge is -2.20. The molecule has 0 unspecified atom stereocenters. The molecule has 36 heavy (non-hydrogen) atoms. The third-order valence-corrected chi connectivity index (χ3v) is 5.72. The van der Waals surface area contributed by atoms with E-state index in [1.807, 2.05) is 12.1 Å². The van der Waals surface area contributed by atoms with E-state index in [1.165, 1.54) is 18.3 Å². The molecule has 0 fully saturated rings. The van der Waals surface area contributed by atoms with Gasteiger partial charge in [-0.3, -0.25) is 9.59 Å². The first-order valence-corrected chi connectivity index (χ1v) is 11.5. The highest BCUT2D eigenvalue weighted by molar-refractivity contribution is 5.97. The summed E-state index contributed by atoms with van der Waals surface area (Å²) in [6, 6.07) is 13.1. The van der Waals surface area contributed by atoms with Crippen molar-refractivity contribution < 1.29 is 28.6 Å². The Morgan fingerprint density at radius 3 is 2.69 bits per heavy atom. The van der Waals surface area contributed by atoms with Crippen LogP contribution in [-0.4, -0.2) is 40.7 Å². The molecule has 3 N–H and O–H groups in total. The predicted molar refractivity (Wildman–Crippen MR) is 131 cm³/mol. The van der Waals surface area contributed by atoms with Gasteiger partial charge in [0.15, 0.2) is 0 Å². The van der Waals surface area contributed by atoms with Gasteiger partial charge in [0.25, 0.3) is 5.91 Å². The summed E-state index contributed by atoms with van der Waals surface area (Å²) in [5, 5.41) is 9.89. The van der Waals surface area contributed by atoms with Crippen LogP contribution in [0.25, 0.3) is 0 Å². The van der Waals surface area contributed by atoms with Crippen molar-refractivity contribution in [2.24, 2.45) is 5.73 Å². The smallest absolute Gasteiger partial charge is 0.254 e. The molecule has 1 aromatic heterocycles. The second-order valence-electron chi connectivity index (χ2n) is 9.30. The highest BCUT2D eigenvalue weighted by Crippen LogP contribution is 2.32.